The Morgan fingerprint density at radius 2 is 2.29 bits per heavy atom. The number of hydrogen-bond donors (Lipinski definition) is 1. The first-order valence-electron chi connectivity index (χ1n) is 6.50. The van der Waals surface area contributed by atoms with Gasteiger partial charge in [-0.25, -0.2) is 0 Å². The van der Waals surface area contributed by atoms with Gasteiger partial charge in [-0.15, -0.1) is 0 Å². The highest BCUT2D eigenvalue weighted by Gasteiger charge is 2.28. The number of nitrogens with one attached hydrogen (secondary N) is 1. The van der Waals surface area contributed by atoms with Crippen molar-refractivity contribution < 1.29 is 0 Å². The zero-order chi connectivity index (χ0) is 12.4. The smallest absolute Gasteiger partial charge is 0.0597 e. The molecule has 0 saturated heterocycles. The average Bonchev–Trinajstić information content (AvgIpc) is 3.05. The predicted octanol–water partition coefficient (Wildman–Crippen LogP) is 1.30. The van der Waals surface area contributed by atoms with Gasteiger partial charge in [-0.05, 0) is 39.8 Å². The second-order valence-electron chi connectivity index (χ2n) is 5.28. The summed E-state index contributed by atoms with van der Waals surface area (Å²) in [5, 5.41) is 7.87. The quantitative estimate of drug-likeness (QED) is 0.808. The van der Waals surface area contributed by atoms with Gasteiger partial charge in [-0.1, -0.05) is 0 Å². The maximum Gasteiger partial charge on any atom is 0.0597 e. The Morgan fingerprint density at radius 3 is 2.82 bits per heavy atom. The minimum atomic E-state index is 0.608. The fourth-order valence-electron chi connectivity index (χ4n) is 2.22. The number of aryl methyl sites for hydroxylation is 2. The van der Waals surface area contributed by atoms with E-state index < -0.39 is 0 Å². The molecule has 1 aliphatic carbocycles. The summed E-state index contributed by atoms with van der Waals surface area (Å²) < 4.78 is 1.96. The Morgan fingerprint density at radius 1 is 1.59 bits per heavy atom. The van der Waals surface area contributed by atoms with Gasteiger partial charge in [0.2, 0.25) is 0 Å². The Labute approximate surface area is 104 Å². The fourth-order valence-corrected chi connectivity index (χ4v) is 2.22. The van der Waals surface area contributed by atoms with Gasteiger partial charge < -0.3 is 5.32 Å². The summed E-state index contributed by atoms with van der Waals surface area (Å²) in [5.74, 6) is 0. The van der Waals surface area contributed by atoms with E-state index in [4.69, 9.17) is 0 Å². The van der Waals surface area contributed by atoms with Gasteiger partial charge in [0.25, 0.3) is 0 Å². The van der Waals surface area contributed by atoms with E-state index in [9.17, 15) is 0 Å². The lowest BCUT2D eigenvalue weighted by molar-refractivity contribution is 0.240. The number of likely N-dealkylation sites (N-methyl/N-ethyl adjacent to an activating group) is 1. The molecule has 1 heterocycles. The molecular formula is C13H24N4. The molecule has 0 spiro atoms. The maximum atomic E-state index is 4.35. The molecule has 1 saturated carbocycles. The molecule has 1 atom stereocenters. The number of hydrogen-bond acceptors (Lipinski definition) is 3. The minimum absolute atomic E-state index is 0.608. The van der Waals surface area contributed by atoms with Crippen LogP contribution in [0, 0.1) is 6.92 Å². The first kappa shape index (κ1) is 12.6. The summed E-state index contributed by atoms with van der Waals surface area (Å²) in [6.45, 7) is 6.27. The normalized spacial score (nSPS) is 17.7. The van der Waals surface area contributed by atoms with E-state index in [1.54, 1.807) is 0 Å². The van der Waals surface area contributed by atoms with Gasteiger partial charge in [0.15, 0.2) is 0 Å². The van der Waals surface area contributed by atoms with Crippen LogP contribution in [0.25, 0.3) is 0 Å². The van der Waals surface area contributed by atoms with Crippen LogP contribution in [0.3, 0.4) is 0 Å². The molecule has 1 aliphatic rings. The third-order valence-electron chi connectivity index (χ3n) is 3.66. The lowest BCUT2D eigenvalue weighted by Crippen LogP contribution is -2.39. The molecule has 1 N–H and O–H groups in total. The molecule has 0 bridgehead atoms. The van der Waals surface area contributed by atoms with E-state index in [0.29, 0.717) is 6.04 Å². The van der Waals surface area contributed by atoms with E-state index in [1.807, 2.05) is 18.7 Å². The van der Waals surface area contributed by atoms with Gasteiger partial charge >= 0.3 is 0 Å². The minimum Gasteiger partial charge on any atom is -0.310 e. The first-order chi connectivity index (χ1) is 8.08. The summed E-state index contributed by atoms with van der Waals surface area (Å²) in [5.41, 5.74) is 2.34. The van der Waals surface area contributed by atoms with E-state index in [2.05, 4.69) is 35.4 Å². The van der Waals surface area contributed by atoms with Crippen LogP contribution >= 0.6 is 0 Å². The van der Waals surface area contributed by atoms with Crippen molar-refractivity contribution in [1.29, 1.82) is 0 Å². The van der Waals surface area contributed by atoms with Crippen molar-refractivity contribution >= 4 is 0 Å². The van der Waals surface area contributed by atoms with E-state index in [0.717, 1.165) is 24.8 Å². The summed E-state index contributed by atoms with van der Waals surface area (Å²) in [7, 11) is 4.24. The topological polar surface area (TPSA) is 33.1 Å². The zero-order valence-electron chi connectivity index (χ0n) is 11.4. The standard InChI is InChI=1S/C13H24N4/c1-10-7-13(17(4)15-10)9-14-8-11(2)16(3)12-5-6-12/h7,11-12,14H,5-6,8-9H2,1-4H3. The number of rotatable bonds is 6. The van der Waals surface area contributed by atoms with Crippen molar-refractivity contribution in [2.45, 2.75) is 45.3 Å². The third kappa shape index (κ3) is 3.30. The Bertz CT molecular complexity index is 367. The molecule has 17 heavy (non-hydrogen) atoms. The molecule has 1 unspecified atom stereocenters. The van der Waals surface area contributed by atoms with Crippen LogP contribution in [0.5, 0.6) is 0 Å². The first-order valence-corrected chi connectivity index (χ1v) is 6.50. The van der Waals surface area contributed by atoms with Crippen molar-refractivity contribution in [2.75, 3.05) is 13.6 Å². The zero-order valence-corrected chi connectivity index (χ0v) is 11.4. The monoisotopic (exact) mass is 236 g/mol. The van der Waals surface area contributed by atoms with Crippen LogP contribution in [0.1, 0.15) is 31.2 Å². The summed E-state index contributed by atoms with van der Waals surface area (Å²) >= 11 is 0. The third-order valence-corrected chi connectivity index (χ3v) is 3.66. The maximum absolute atomic E-state index is 4.35. The molecule has 0 amide bonds. The predicted molar refractivity (Wildman–Crippen MR) is 69.9 cm³/mol. The number of aromatic nitrogens is 2. The fraction of sp³-hybridized carbons (Fsp3) is 0.769. The van der Waals surface area contributed by atoms with Crippen molar-refractivity contribution in [1.82, 2.24) is 20.0 Å². The molecule has 0 aromatic carbocycles. The van der Waals surface area contributed by atoms with Gasteiger partial charge in [0.1, 0.15) is 0 Å². The average molecular weight is 236 g/mol. The molecule has 4 heteroatoms. The highest BCUT2D eigenvalue weighted by Crippen LogP contribution is 2.26. The molecule has 1 aromatic heterocycles. The van der Waals surface area contributed by atoms with Crippen LogP contribution in [-0.2, 0) is 13.6 Å². The van der Waals surface area contributed by atoms with Crippen LogP contribution in [0.4, 0.5) is 0 Å². The van der Waals surface area contributed by atoms with Crippen LogP contribution in [0.15, 0.2) is 6.07 Å². The molecular weight excluding hydrogens is 212 g/mol. The Hall–Kier alpha value is -0.870. The highest BCUT2D eigenvalue weighted by atomic mass is 15.3. The largest absolute Gasteiger partial charge is 0.310 e. The summed E-state index contributed by atoms with van der Waals surface area (Å²) in [6.07, 6.45) is 2.75. The molecule has 2 rings (SSSR count). The van der Waals surface area contributed by atoms with Crippen molar-refractivity contribution in [3.8, 4) is 0 Å². The Balaban J connectivity index is 1.73. The molecule has 96 valence electrons. The lowest BCUT2D eigenvalue weighted by Gasteiger charge is -2.24. The van der Waals surface area contributed by atoms with E-state index in [-0.39, 0.29) is 0 Å². The molecule has 1 aromatic rings. The second kappa shape index (κ2) is 5.19. The number of nitrogens with zero attached hydrogens (tertiary/aromatic N) is 3. The van der Waals surface area contributed by atoms with Gasteiger partial charge in [-0.2, -0.15) is 5.10 Å². The van der Waals surface area contributed by atoms with Crippen LogP contribution in [0.2, 0.25) is 0 Å². The van der Waals surface area contributed by atoms with Crippen LogP contribution in [-0.4, -0.2) is 40.4 Å². The molecule has 1 fully saturated rings. The van der Waals surface area contributed by atoms with Gasteiger partial charge in [-0.3, -0.25) is 9.58 Å². The van der Waals surface area contributed by atoms with Crippen molar-refractivity contribution in [3.63, 3.8) is 0 Å². The van der Waals surface area contributed by atoms with E-state index >= 15 is 0 Å². The summed E-state index contributed by atoms with van der Waals surface area (Å²) in [6, 6.07) is 3.59. The molecule has 0 aliphatic heterocycles. The molecule has 4 nitrogen and oxygen atoms in total. The second-order valence-corrected chi connectivity index (χ2v) is 5.28. The highest BCUT2D eigenvalue weighted by molar-refractivity contribution is 5.08. The van der Waals surface area contributed by atoms with Crippen molar-refractivity contribution in [2.24, 2.45) is 7.05 Å². The summed E-state index contributed by atoms with van der Waals surface area (Å²) in [4.78, 5) is 2.49. The molecule has 0 radical (unpaired) electrons. The Kier molecular flexibility index (Phi) is 3.84. The van der Waals surface area contributed by atoms with E-state index in [1.165, 1.54) is 18.5 Å². The lowest BCUT2D eigenvalue weighted by atomic mass is 10.3. The van der Waals surface area contributed by atoms with Gasteiger partial charge in [0, 0.05) is 32.2 Å². The SMILES string of the molecule is Cc1cc(CNCC(C)N(C)C2CC2)n(C)n1. The van der Waals surface area contributed by atoms with Gasteiger partial charge in [0.05, 0.1) is 11.4 Å². The van der Waals surface area contributed by atoms with Crippen LogP contribution < -0.4 is 5.32 Å². The van der Waals surface area contributed by atoms with Crippen molar-refractivity contribution in [3.05, 3.63) is 17.5 Å².